The van der Waals surface area contributed by atoms with Gasteiger partial charge in [-0.3, -0.25) is 9.59 Å². The molecule has 5 N–H and O–H groups in total. The van der Waals surface area contributed by atoms with Crippen LogP contribution in [0.5, 0.6) is 0 Å². The van der Waals surface area contributed by atoms with Gasteiger partial charge in [0.1, 0.15) is 17.3 Å². The molecular formula is C23H25F2N5O2. The monoisotopic (exact) mass is 441 g/mol. The van der Waals surface area contributed by atoms with Gasteiger partial charge in [0.05, 0.1) is 5.56 Å². The van der Waals surface area contributed by atoms with Gasteiger partial charge in [-0.05, 0) is 62.0 Å². The van der Waals surface area contributed by atoms with Crippen molar-refractivity contribution in [2.24, 2.45) is 17.4 Å². The molecule has 0 saturated heterocycles. The second kappa shape index (κ2) is 8.94. The molecule has 168 valence electrons. The highest BCUT2D eigenvalue weighted by Crippen LogP contribution is 2.34. The molecule has 1 heterocycles. The van der Waals surface area contributed by atoms with Gasteiger partial charge in [-0.25, -0.2) is 13.9 Å². The van der Waals surface area contributed by atoms with E-state index in [9.17, 15) is 18.4 Å². The van der Waals surface area contributed by atoms with Crippen molar-refractivity contribution in [3.8, 4) is 0 Å². The highest BCUT2D eigenvalue weighted by atomic mass is 19.1. The number of nitrogens with two attached hydrogens (primary N) is 2. The molecule has 9 heteroatoms. The molecule has 2 aliphatic rings. The molecule has 1 amide bonds. The second-order valence-corrected chi connectivity index (χ2v) is 8.26. The Morgan fingerprint density at radius 3 is 2.53 bits per heavy atom. The molecule has 0 radical (unpaired) electrons. The number of aromatic amines is 1. The topological polar surface area (TPSA) is 118 Å². The zero-order valence-electron chi connectivity index (χ0n) is 17.5. The van der Waals surface area contributed by atoms with Crippen molar-refractivity contribution < 1.29 is 13.6 Å². The van der Waals surface area contributed by atoms with Crippen molar-refractivity contribution in [1.82, 2.24) is 15.1 Å². The van der Waals surface area contributed by atoms with Crippen molar-refractivity contribution in [3.63, 3.8) is 0 Å². The van der Waals surface area contributed by atoms with Crippen LogP contribution in [0.4, 0.5) is 8.78 Å². The summed E-state index contributed by atoms with van der Waals surface area (Å²) < 4.78 is 28.2. The van der Waals surface area contributed by atoms with Crippen molar-refractivity contribution in [2.45, 2.75) is 38.1 Å². The fraction of sp³-hybridized carbons (Fsp3) is 0.348. The van der Waals surface area contributed by atoms with Crippen LogP contribution in [0.2, 0.25) is 0 Å². The molecule has 0 aliphatic heterocycles. The predicted octanol–water partition coefficient (Wildman–Crippen LogP) is 2.67. The number of hydrogen-bond donors (Lipinski definition) is 3. The van der Waals surface area contributed by atoms with Gasteiger partial charge in [0.25, 0.3) is 11.5 Å². The van der Waals surface area contributed by atoms with E-state index in [0.29, 0.717) is 18.7 Å². The number of aromatic nitrogens is 2. The van der Waals surface area contributed by atoms with Crippen LogP contribution >= 0.6 is 0 Å². The first kappa shape index (κ1) is 21.7. The summed E-state index contributed by atoms with van der Waals surface area (Å²) in [5.41, 5.74) is 13.3. The fourth-order valence-electron chi connectivity index (χ4n) is 4.11. The van der Waals surface area contributed by atoms with Crippen LogP contribution in [0.3, 0.4) is 0 Å². The summed E-state index contributed by atoms with van der Waals surface area (Å²) in [6.07, 6.45) is 5.57. The van der Waals surface area contributed by atoms with Crippen LogP contribution in [0.1, 0.15) is 48.2 Å². The summed E-state index contributed by atoms with van der Waals surface area (Å²) in [6, 6.07) is 6.39. The zero-order chi connectivity index (χ0) is 22.8. The highest BCUT2D eigenvalue weighted by molar-refractivity contribution is 5.92. The molecule has 2 aromatic rings. The maximum atomic E-state index is 14.1. The largest absolute Gasteiger partial charge is 0.402 e. The van der Waals surface area contributed by atoms with Crippen LogP contribution in [-0.2, 0) is 0 Å². The maximum Gasteiger partial charge on any atom is 0.274 e. The van der Waals surface area contributed by atoms with Crippen molar-refractivity contribution in [2.75, 3.05) is 6.54 Å². The number of halogens is 2. The van der Waals surface area contributed by atoms with E-state index in [4.69, 9.17) is 11.5 Å². The quantitative estimate of drug-likeness (QED) is 0.637. The van der Waals surface area contributed by atoms with Crippen molar-refractivity contribution in [3.05, 3.63) is 80.9 Å². The molecular weight excluding hydrogens is 416 g/mol. The molecule has 7 nitrogen and oxygen atoms in total. The summed E-state index contributed by atoms with van der Waals surface area (Å²) in [5, 5.41) is 6.15. The lowest BCUT2D eigenvalue weighted by atomic mass is 9.86. The van der Waals surface area contributed by atoms with Gasteiger partial charge in [0, 0.05) is 36.0 Å². The third-order valence-corrected chi connectivity index (χ3v) is 5.95. The number of allylic oxidation sites excluding steroid dienone is 2. The Kier molecular flexibility index (Phi) is 6.07. The lowest BCUT2D eigenvalue weighted by Crippen LogP contribution is -2.40. The smallest absolute Gasteiger partial charge is 0.274 e. The van der Waals surface area contributed by atoms with E-state index < -0.39 is 11.6 Å². The number of hydrogen-bond acceptors (Lipinski definition) is 5. The van der Waals surface area contributed by atoms with Gasteiger partial charge < -0.3 is 16.4 Å². The lowest BCUT2D eigenvalue weighted by molar-refractivity contribution is 0.0710. The molecule has 1 aromatic heterocycles. The van der Waals surface area contributed by atoms with Gasteiger partial charge in [-0.2, -0.15) is 5.10 Å². The van der Waals surface area contributed by atoms with E-state index >= 15 is 0 Å². The van der Waals surface area contributed by atoms with E-state index in [-0.39, 0.29) is 40.4 Å². The third-order valence-electron chi connectivity index (χ3n) is 5.95. The Bertz CT molecular complexity index is 1110. The Morgan fingerprint density at radius 2 is 1.91 bits per heavy atom. The summed E-state index contributed by atoms with van der Waals surface area (Å²) in [7, 11) is 0. The van der Waals surface area contributed by atoms with Gasteiger partial charge in [0.15, 0.2) is 0 Å². The van der Waals surface area contributed by atoms with Crippen LogP contribution in [0.15, 0.2) is 52.5 Å². The SMILES string of the molecule is NC1=C(/C=C(\N)c2c(F)cccc2F)CCCC1CN(C(=O)c1ccc(=O)[nH]n1)C1CC1. The van der Waals surface area contributed by atoms with Crippen LogP contribution in [0, 0.1) is 17.6 Å². The third kappa shape index (κ3) is 4.56. The predicted molar refractivity (Wildman–Crippen MR) is 116 cm³/mol. The number of carbonyl (C=O) groups is 1. The minimum atomic E-state index is -0.732. The summed E-state index contributed by atoms with van der Waals surface area (Å²) in [6.45, 7) is 0.404. The Morgan fingerprint density at radius 1 is 1.19 bits per heavy atom. The normalized spacial score (nSPS) is 19.2. The fourth-order valence-corrected chi connectivity index (χ4v) is 4.11. The number of amides is 1. The van der Waals surface area contributed by atoms with Gasteiger partial charge >= 0.3 is 0 Å². The van der Waals surface area contributed by atoms with Crippen molar-refractivity contribution in [1.29, 1.82) is 0 Å². The standard InChI is InChI=1S/C23H25F2N5O2/c24-16-5-2-6-17(25)21(16)18(26)11-13-3-1-4-14(22(13)27)12-30(15-7-8-15)23(32)19-9-10-20(31)29-28-19/h2,5-6,9-11,14-15H,1,3-4,7-8,12,26-27H2,(H,29,31)/b18-11-. The minimum Gasteiger partial charge on any atom is -0.402 e. The van der Waals surface area contributed by atoms with Crippen LogP contribution in [0.25, 0.3) is 5.70 Å². The Hall–Kier alpha value is -3.49. The number of nitrogens with zero attached hydrogens (tertiary/aromatic N) is 2. The number of carbonyl (C=O) groups excluding carboxylic acids is 1. The second-order valence-electron chi connectivity index (χ2n) is 8.26. The number of benzene rings is 1. The molecule has 4 rings (SSSR count). The molecule has 2 aliphatic carbocycles. The molecule has 1 saturated carbocycles. The summed E-state index contributed by atoms with van der Waals surface area (Å²) >= 11 is 0. The van der Waals surface area contributed by atoms with E-state index in [1.807, 2.05) is 0 Å². The van der Waals surface area contributed by atoms with Crippen LogP contribution < -0.4 is 17.0 Å². The first-order valence-electron chi connectivity index (χ1n) is 10.6. The molecule has 1 unspecified atom stereocenters. The molecule has 0 bridgehead atoms. The molecule has 1 fully saturated rings. The van der Waals surface area contributed by atoms with Gasteiger partial charge in [-0.1, -0.05) is 6.07 Å². The van der Waals surface area contributed by atoms with E-state index in [2.05, 4.69) is 10.2 Å². The van der Waals surface area contributed by atoms with E-state index in [1.165, 1.54) is 24.3 Å². The lowest BCUT2D eigenvalue weighted by Gasteiger charge is -2.31. The maximum absolute atomic E-state index is 14.1. The number of H-pyrrole nitrogens is 1. The summed E-state index contributed by atoms with van der Waals surface area (Å²) in [5.74, 6) is -1.83. The minimum absolute atomic E-state index is 0.0215. The average molecular weight is 441 g/mol. The van der Waals surface area contributed by atoms with E-state index in [1.54, 1.807) is 4.90 Å². The van der Waals surface area contributed by atoms with Crippen molar-refractivity contribution >= 4 is 11.6 Å². The molecule has 32 heavy (non-hydrogen) atoms. The number of rotatable bonds is 6. The Balaban J connectivity index is 1.58. The zero-order valence-corrected chi connectivity index (χ0v) is 17.5. The molecule has 0 spiro atoms. The highest BCUT2D eigenvalue weighted by Gasteiger charge is 2.36. The van der Waals surface area contributed by atoms with E-state index in [0.717, 1.165) is 43.4 Å². The van der Waals surface area contributed by atoms with Gasteiger partial charge in [0.2, 0.25) is 0 Å². The average Bonchev–Trinajstić information content (AvgIpc) is 3.59. The summed E-state index contributed by atoms with van der Waals surface area (Å²) in [4.78, 5) is 26.0. The van der Waals surface area contributed by atoms with Crippen LogP contribution in [-0.4, -0.2) is 33.6 Å². The Labute approximate surface area is 183 Å². The molecule has 1 aromatic carbocycles. The first-order valence-corrected chi connectivity index (χ1v) is 10.6. The molecule has 1 atom stereocenters. The number of nitrogens with one attached hydrogen (secondary N) is 1. The first-order chi connectivity index (χ1) is 15.3. The van der Waals surface area contributed by atoms with Gasteiger partial charge in [-0.15, -0.1) is 0 Å².